The number of alkyl halides is 17. The molecule has 1 rings (SSSR count). The molecule has 0 saturated carbocycles. The first-order chi connectivity index (χ1) is 17.4. The Balaban J connectivity index is 3.90. The van der Waals surface area contributed by atoms with Gasteiger partial charge in [0, 0.05) is 19.4 Å². The van der Waals surface area contributed by atoms with Crippen molar-refractivity contribution in [1.82, 2.24) is 0 Å². The van der Waals surface area contributed by atoms with E-state index in [9.17, 15) is 84.2 Å². The second kappa shape index (κ2) is 9.81. The maximum atomic E-state index is 14.7. The van der Waals surface area contributed by atoms with Crippen LogP contribution in [0.5, 0.6) is 11.5 Å². The van der Waals surface area contributed by atoms with Crippen molar-refractivity contribution in [3.8, 4) is 11.5 Å². The van der Waals surface area contributed by atoms with Gasteiger partial charge in [0.2, 0.25) is 0 Å². The highest BCUT2D eigenvalue weighted by molar-refractivity contribution is 5.74. The lowest BCUT2D eigenvalue weighted by atomic mass is 9.86. The average Bonchev–Trinajstić information content (AvgIpc) is 2.72. The van der Waals surface area contributed by atoms with E-state index in [2.05, 4.69) is 9.47 Å². The Labute approximate surface area is 210 Å². The highest BCUT2D eigenvalue weighted by Crippen LogP contribution is 2.65. The molecule has 21 heteroatoms. The van der Waals surface area contributed by atoms with E-state index in [1.54, 1.807) is 0 Å². The number of benzene rings is 1. The van der Waals surface area contributed by atoms with Crippen molar-refractivity contribution in [1.29, 1.82) is 0 Å². The number of carbonyl (C=O) groups excluding carboxylic acids is 2. The fourth-order valence-corrected chi connectivity index (χ4v) is 2.80. The van der Waals surface area contributed by atoms with Crippen LogP contribution < -0.4 is 9.47 Å². The summed E-state index contributed by atoms with van der Waals surface area (Å²) >= 11 is 0. The lowest BCUT2D eigenvalue weighted by molar-refractivity contribution is -0.462. The van der Waals surface area contributed by atoms with Crippen LogP contribution in [0.3, 0.4) is 0 Å². The number of esters is 2. The molecule has 0 heterocycles. The van der Waals surface area contributed by atoms with Gasteiger partial charge in [-0.3, -0.25) is 9.59 Å². The van der Waals surface area contributed by atoms with Crippen molar-refractivity contribution in [2.24, 2.45) is 0 Å². The predicted octanol–water partition coefficient (Wildman–Crippen LogP) is 7.31. The third kappa shape index (κ3) is 4.99. The average molecular weight is 626 g/mol. The monoisotopic (exact) mass is 626 g/mol. The maximum absolute atomic E-state index is 14.7. The van der Waals surface area contributed by atoms with E-state index in [0.29, 0.717) is 20.8 Å². The molecule has 0 radical (unpaired) electrons. The van der Waals surface area contributed by atoms with Crippen molar-refractivity contribution < 1.29 is 93.7 Å². The molecule has 0 aromatic heterocycles. The Morgan fingerprint density at radius 2 is 0.825 bits per heavy atom. The summed E-state index contributed by atoms with van der Waals surface area (Å²) in [5.74, 6) is -63.1. The minimum Gasteiger partial charge on any atom is -0.423 e. The first kappa shape index (κ1) is 35.0. The van der Waals surface area contributed by atoms with Crippen LogP contribution in [0.4, 0.5) is 74.6 Å². The van der Waals surface area contributed by atoms with Gasteiger partial charge in [-0.1, -0.05) is 0 Å². The van der Waals surface area contributed by atoms with Crippen LogP contribution in [-0.4, -0.2) is 53.7 Å². The van der Waals surface area contributed by atoms with E-state index in [-0.39, 0.29) is 6.07 Å². The van der Waals surface area contributed by atoms with Crippen molar-refractivity contribution in [3.05, 3.63) is 23.3 Å². The molecule has 4 nitrogen and oxygen atoms in total. The first-order valence-corrected chi connectivity index (χ1v) is 9.59. The Bertz CT molecular complexity index is 1150. The van der Waals surface area contributed by atoms with Crippen LogP contribution in [0.1, 0.15) is 25.0 Å². The molecule has 0 spiro atoms. The molecule has 0 unspecified atom stereocenters. The molecule has 1 aromatic rings. The molecular formula is C19H11F17O4. The zero-order valence-electron chi connectivity index (χ0n) is 19.2. The van der Waals surface area contributed by atoms with Crippen LogP contribution in [0, 0.1) is 6.92 Å². The molecule has 0 aliphatic rings. The summed E-state index contributed by atoms with van der Waals surface area (Å²) in [7, 11) is 0. The molecule has 0 bridgehead atoms. The number of hydrogen-bond acceptors (Lipinski definition) is 4. The topological polar surface area (TPSA) is 52.6 Å². The number of carbonyl (C=O) groups is 2. The van der Waals surface area contributed by atoms with Crippen molar-refractivity contribution in [3.63, 3.8) is 0 Å². The standard InChI is InChI=1S/C19H11F17O4/c1-6-4-10(39-7(2)37)11(40-8(3)38)5-9(6)12(20,21)13(22,23)14(24,25)15(26,27)16(28,29)17(30,31)18(32,33)19(34,35)36/h4-5H,1-3H3. The second-order valence-corrected chi connectivity index (χ2v) is 7.82. The molecule has 0 saturated heterocycles. The smallest absolute Gasteiger partial charge is 0.423 e. The van der Waals surface area contributed by atoms with E-state index in [1.807, 2.05) is 0 Å². The van der Waals surface area contributed by atoms with E-state index in [0.717, 1.165) is 0 Å². The van der Waals surface area contributed by atoms with Gasteiger partial charge in [-0.25, -0.2) is 0 Å². The van der Waals surface area contributed by atoms with Gasteiger partial charge in [0.05, 0.1) is 0 Å². The summed E-state index contributed by atoms with van der Waals surface area (Å²) in [5, 5.41) is 0. The van der Waals surface area contributed by atoms with E-state index in [1.165, 1.54) is 0 Å². The third-order valence-electron chi connectivity index (χ3n) is 4.86. The molecule has 0 aliphatic heterocycles. The third-order valence-corrected chi connectivity index (χ3v) is 4.86. The van der Waals surface area contributed by atoms with Crippen LogP contribution in [0.25, 0.3) is 0 Å². The molecule has 1 aromatic carbocycles. The van der Waals surface area contributed by atoms with Crippen molar-refractivity contribution >= 4 is 11.9 Å². The summed E-state index contributed by atoms with van der Waals surface area (Å²) in [6, 6.07) is -0.427. The molecular weight excluding hydrogens is 615 g/mol. The Kier molecular flexibility index (Phi) is 8.58. The fourth-order valence-electron chi connectivity index (χ4n) is 2.80. The maximum Gasteiger partial charge on any atom is 0.460 e. The fraction of sp³-hybridized carbons (Fsp3) is 0.579. The number of aryl methyl sites for hydroxylation is 1. The highest BCUT2D eigenvalue weighted by atomic mass is 19.4. The number of ether oxygens (including phenoxy) is 2. The molecule has 0 fully saturated rings. The van der Waals surface area contributed by atoms with Gasteiger partial charge in [-0.15, -0.1) is 0 Å². The van der Waals surface area contributed by atoms with Gasteiger partial charge >= 0.3 is 59.6 Å². The Morgan fingerprint density at radius 3 is 1.15 bits per heavy atom. The number of hydrogen-bond donors (Lipinski definition) is 0. The largest absolute Gasteiger partial charge is 0.460 e. The van der Waals surface area contributed by atoms with Gasteiger partial charge in [-0.05, 0) is 24.6 Å². The molecule has 0 amide bonds. The SMILES string of the molecule is CC(=O)Oc1cc(C)c(C(F)(F)C(F)(F)C(F)(F)C(F)(F)C(F)(F)C(F)(F)C(F)(F)C(F)(F)F)cc1OC(C)=O. The zero-order valence-corrected chi connectivity index (χ0v) is 19.2. The highest BCUT2D eigenvalue weighted by Gasteiger charge is 2.95. The Morgan fingerprint density at radius 1 is 0.525 bits per heavy atom. The molecule has 0 atom stereocenters. The normalized spacial score (nSPS) is 14.7. The quantitative estimate of drug-likeness (QED) is 0.164. The number of rotatable bonds is 9. The van der Waals surface area contributed by atoms with Crippen LogP contribution >= 0.6 is 0 Å². The summed E-state index contributed by atoms with van der Waals surface area (Å²) in [6.07, 6.45) is -7.86. The Hall–Kier alpha value is -3.03. The molecule has 40 heavy (non-hydrogen) atoms. The van der Waals surface area contributed by atoms with Gasteiger partial charge in [-0.2, -0.15) is 74.6 Å². The first-order valence-electron chi connectivity index (χ1n) is 9.59. The summed E-state index contributed by atoms with van der Waals surface area (Å²) in [6.45, 7) is 1.45. The van der Waals surface area contributed by atoms with Crippen molar-refractivity contribution in [2.75, 3.05) is 0 Å². The van der Waals surface area contributed by atoms with Gasteiger partial charge < -0.3 is 9.47 Å². The summed E-state index contributed by atoms with van der Waals surface area (Å²) in [5.41, 5.74) is -4.01. The predicted molar refractivity (Wildman–Crippen MR) is 93.4 cm³/mol. The molecule has 230 valence electrons. The van der Waals surface area contributed by atoms with E-state index >= 15 is 0 Å². The van der Waals surface area contributed by atoms with Crippen LogP contribution in [0.15, 0.2) is 12.1 Å². The number of halogens is 17. The molecule has 0 N–H and O–H groups in total. The summed E-state index contributed by atoms with van der Waals surface area (Å²) < 4.78 is 239. The van der Waals surface area contributed by atoms with Gasteiger partial charge in [0.1, 0.15) is 0 Å². The zero-order chi connectivity index (χ0) is 32.3. The lowest BCUT2D eigenvalue weighted by Crippen LogP contribution is -2.74. The summed E-state index contributed by atoms with van der Waals surface area (Å²) in [4.78, 5) is 22.2. The van der Waals surface area contributed by atoms with Gasteiger partial charge in [0.15, 0.2) is 11.5 Å². The molecule has 0 aliphatic carbocycles. The van der Waals surface area contributed by atoms with Gasteiger partial charge in [0.25, 0.3) is 0 Å². The van der Waals surface area contributed by atoms with Crippen LogP contribution in [0.2, 0.25) is 0 Å². The minimum absolute atomic E-state index is 0.0852. The minimum atomic E-state index is -8.76. The van der Waals surface area contributed by atoms with E-state index < -0.39 is 88.3 Å². The van der Waals surface area contributed by atoms with Crippen molar-refractivity contribution in [2.45, 2.75) is 68.4 Å². The van der Waals surface area contributed by atoms with E-state index in [4.69, 9.17) is 0 Å². The van der Waals surface area contributed by atoms with Crippen LogP contribution in [-0.2, 0) is 15.5 Å². The second-order valence-electron chi connectivity index (χ2n) is 7.82. The lowest BCUT2D eigenvalue weighted by Gasteiger charge is -2.43.